The second-order valence-corrected chi connectivity index (χ2v) is 7.71. The summed E-state index contributed by atoms with van der Waals surface area (Å²) in [6.07, 6.45) is 5.30. The highest BCUT2D eigenvalue weighted by molar-refractivity contribution is 7.91. The van der Waals surface area contributed by atoms with Gasteiger partial charge in [-0.3, -0.25) is 4.98 Å². The smallest absolute Gasteiger partial charge is 0.157 e. The first-order chi connectivity index (χ1) is 9.58. The quantitative estimate of drug-likeness (QED) is 0.882. The van der Waals surface area contributed by atoms with Gasteiger partial charge in [-0.15, -0.1) is 0 Å². The molecule has 1 aliphatic rings. The fourth-order valence-electron chi connectivity index (χ4n) is 2.95. The Morgan fingerprint density at radius 3 is 2.70 bits per heavy atom. The number of rotatable bonds is 3. The summed E-state index contributed by atoms with van der Waals surface area (Å²) in [6, 6.07) is 7.25. The molecule has 0 radical (unpaired) electrons. The zero-order valence-corrected chi connectivity index (χ0v) is 12.1. The van der Waals surface area contributed by atoms with Crippen molar-refractivity contribution in [2.45, 2.75) is 36.7 Å². The lowest BCUT2D eigenvalue weighted by atomic mass is 10.1. The summed E-state index contributed by atoms with van der Waals surface area (Å²) in [4.78, 5) is 4.31. The molecule has 1 aromatic carbocycles. The van der Waals surface area contributed by atoms with E-state index in [1.807, 2.05) is 12.1 Å². The molecule has 3 rings (SSSR count). The maximum atomic E-state index is 12.5. The zero-order valence-electron chi connectivity index (χ0n) is 11.2. The third kappa shape index (κ3) is 2.38. The van der Waals surface area contributed by atoms with Gasteiger partial charge in [-0.2, -0.15) is 0 Å². The van der Waals surface area contributed by atoms with Crippen LogP contribution in [0.1, 0.15) is 31.2 Å². The molecule has 2 N–H and O–H groups in total. The van der Waals surface area contributed by atoms with E-state index in [-0.39, 0.29) is 11.0 Å². The van der Waals surface area contributed by atoms with Gasteiger partial charge >= 0.3 is 0 Å². The van der Waals surface area contributed by atoms with Crippen molar-refractivity contribution in [3.63, 3.8) is 0 Å². The topological polar surface area (TPSA) is 73.1 Å². The molecule has 0 bridgehead atoms. The molecule has 20 heavy (non-hydrogen) atoms. The molecule has 0 saturated heterocycles. The van der Waals surface area contributed by atoms with Gasteiger partial charge in [0.2, 0.25) is 0 Å². The van der Waals surface area contributed by atoms with Gasteiger partial charge in [-0.05, 0) is 36.6 Å². The van der Waals surface area contributed by atoms with Crippen molar-refractivity contribution in [2.75, 3.05) is 5.73 Å². The van der Waals surface area contributed by atoms with Crippen molar-refractivity contribution >= 4 is 26.4 Å². The molecule has 1 aromatic heterocycles. The van der Waals surface area contributed by atoms with E-state index in [0.717, 1.165) is 36.6 Å². The van der Waals surface area contributed by atoms with E-state index in [2.05, 4.69) is 4.98 Å². The first-order valence-corrected chi connectivity index (χ1v) is 8.63. The molecule has 1 saturated carbocycles. The Morgan fingerprint density at radius 2 is 1.95 bits per heavy atom. The van der Waals surface area contributed by atoms with Crippen LogP contribution >= 0.6 is 0 Å². The highest BCUT2D eigenvalue weighted by Gasteiger charge is 2.29. The minimum Gasteiger partial charge on any atom is -0.398 e. The number of nitrogens with zero attached hydrogens (tertiary/aromatic N) is 1. The summed E-state index contributed by atoms with van der Waals surface area (Å²) in [6.45, 7) is 0. The predicted octanol–water partition coefficient (Wildman–Crippen LogP) is 2.67. The molecule has 0 atom stereocenters. The van der Waals surface area contributed by atoms with Crippen LogP contribution < -0.4 is 5.73 Å². The van der Waals surface area contributed by atoms with Crippen molar-refractivity contribution in [3.05, 3.63) is 36.0 Å². The number of nitrogens with two attached hydrogens (primary N) is 1. The number of hydrogen-bond acceptors (Lipinski definition) is 4. The summed E-state index contributed by atoms with van der Waals surface area (Å²) >= 11 is 0. The van der Waals surface area contributed by atoms with Gasteiger partial charge in [-0.1, -0.05) is 18.9 Å². The zero-order chi connectivity index (χ0) is 14.2. The number of benzene rings is 1. The van der Waals surface area contributed by atoms with E-state index >= 15 is 0 Å². The Balaban J connectivity index is 2.01. The van der Waals surface area contributed by atoms with E-state index in [9.17, 15) is 8.42 Å². The number of aromatic nitrogens is 1. The second kappa shape index (κ2) is 5.05. The number of nitrogen functional groups attached to an aromatic ring is 1. The number of pyridine rings is 1. The first-order valence-electron chi connectivity index (χ1n) is 6.91. The van der Waals surface area contributed by atoms with E-state index in [4.69, 9.17) is 5.73 Å². The van der Waals surface area contributed by atoms with Gasteiger partial charge in [0.25, 0.3) is 0 Å². The average molecular weight is 290 g/mol. The van der Waals surface area contributed by atoms with Crippen molar-refractivity contribution < 1.29 is 8.42 Å². The molecule has 4 nitrogen and oxygen atoms in total. The van der Waals surface area contributed by atoms with Crippen LogP contribution in [0.2, 0.25) is 0 Å². The van der Waals surface area contributed by atoms with Crippen LogP contribution in [0.4, 0.5) is 5.69 Å². The SMILES string of the molecule is Nc1ccc(CS(=O)(=O)C2CCCC2)c2ncccc12. The molecule has 1 aliphatic carbocycles. The summed E-state index contributed by atoms with van der Waals surface area (Å²) < 4.78 is 24.9. The maximum absolute atomic E-state index is 12.5. The standard InChI is InChI=1S/C15H18N2O2S/c16-14-8-7-11(15-13(14)6-3-9-17-15)10-20(18,19)12-4-1-2-5-12/h3,6-9,12H,1-2,4-5,10,16H2. The van der Waals surface area contributed by atoms with E-state index in [1.165, 1.54) is 0 Å². The largest absolute Gasteiger partial charge is 0.398 e. The minimum atomic E-state index is -3.10. The van der Waals surface area contributed by atoms with Crippen LogP contribution in [0.3, 0.4) is 0 Å². The molecule has 106 valence electrons. The van der Waals surface area contributed by atoms with Crippen molar-refractivity contribution in [1.82, 2.24) is 4.98 Å². The van der Waals surface area contributed by atoms with Crippen LogP contribution in [0.5, 0.6) is 0 Å². The second-order valence-electron chi connectivity index (χ2n) is 5.43. The van der Waals surface area contributed by atoms with Gasteiger partial charge in [0.1, 0.15) is 0 Å². The molecule has 1 heterocycles. The summed E-state index contributed by atoms with van der Waals surface area (Å²) in [5.41, 5.74) is 8.01. The lowest BCUT2D eigenvalue weighted by molar-refractivity contribution is 0.579. The van der Waals surface area contributed by atoms with Gasteiger partial charge in [0, 0.05) is 17.3 Å². The molecular formula is C15H18N2O2S. The minimum absolute atomic E-state index is 0.0610. The Bertz CT molecular complexity index is 735. The molecule has 1 fully saturated rings. The van der Waals surface area contributed by atoms with Crippen LogP contribution in [-0.2, 0) is 15.6 Å². The number of anilines is 1. The fourth-order valence-corrected chi connectivity index (χ4v) is 4.91. The van der Waals surface area contributed by atoms with E-state index < -0.39 is 9.84 Å². The van der Waals surface area contributed by atoms with E-state index in [0.29, 0.717) is 11.2 Å². The third-order valence-electron chi connectivity index (χ3n) is 4.05. The Labute approximate surface area is 118 Å². The lowest BCUT2D eigenvalue weighted by Crippen LogP contribution is -2.19. The highest BCUT2D eigenvalue weighted by Crippen LogP contribution is 2.29. The molecule has 5 heteroatoms. The normalized spacial score (nSPS) is 16.8. The molecule has 0 amide bonds. The van der Waals surface area contributed by atoms with Gasteiger partial charge < -0.3 is 5.73 Å². The average Bonchev–Trinajstić information content (AvgIpc) is 2.97. The van der Waals surface area contributed by atoms with Gasteiger partial charge in [0.15, 0.2) is 9.84 Å². The summed E-state index contributed by atoms with van der Waals surface area (Å²) in [5.74, 6) is 0.0610. The molecule has 2 aromatic rings. The summed E-state index contributed by atoms with van der Waals surface area (Å²) in [7, 11) is -3.10. The van der Waals surface area contributed by atoms with Crippen molar-refractivity contribution in [3.8, 4) is 0 Å². The van der Waals surface area contributed by atoms with Crippen LogP contribution in [0.25, 0.3) is 10.9 Å². The van der Waals surface area contributed by atoms with Crippen molar-refractivity contribution in [2.24, 2.45) is 0 Å². The van der Waals surface area contributed by atoms with Crippen LogP contribution in [0.15, 0.2) is 30.5 Å². The fraction of sp³-hybridized carbons (Fsp3) is 0.400. The van der Waals surface area contributed by atoms with Crippen LogP contribution in [0, 0.1) is 0 Å². The number of fused-ring (bicyclic) bond motifs is 1. The number of sulfone groups is 1. The van der Waals surface area contributed by atoms with E-state index in [1.54, 1.807) is 18.3 Å². The maximum Gasteiger partial charge on any atom is 0.157 e. The van der Waals surface area contributed by atoms with Crippen LogP contribution in [-0.4, -0.2) is 18.7 Å². The Hall–Kier alpha value is -1.62. The Kier molecular flexibility index (Phi) is 3.38. The monoisotopic (exact) mass is 290 g/mol. The Morgan fingerprint density at radius 1 is 1.20 bits per heavy atom. The van der Waals surface area contributed by atoms with Gasteiger partial charge in [0.05, 0.1) is 16.5 Å². The molecule has 0 unspecified atom stereocenters. The third-order valence-corrected chi connectivity index (χ3v) is 6.25. The first kappa shape index (κ1) is 13.4. The highest BCUT2D eigenvalue weighted by atomic mass is 32.2. The molecular weight excluding hydrogens is 272 g/mol. The lowest BCUT2D eigenvalue weighted by Gasteiger charge is -2.13. The number of hydrogen-bond donors (Lipinski definition) is 1. The summed E-state index contributed by atoms with van der Waals surface area (Å²) in [5, 5.41) is 0.644. The predicted molar refractivity (Wildman–Crippen MR) is 81.0 cm³/mol. The van der Waals surface area contributed by atoms with Gasteiger partial charge in [-0.25, -0.2) is 8.42 Å². The molecule has 0 spiro atoms. The molecule has 0 aliphatic heterocycles. The van der Waals surface area contributed by atoms with Crippen molar-refractivity contribution in [1.29, 1.82) is 0 Å².